The van der Waals surface area contributed by atoms with Crippen LogP contribution in [0, 0.1) is 11.6 Å². The van der Waals surface area contributed by atoms with Gasteiger partial charge in [-0.15, -0.1) is 0 Å². The van der Waals surface area contributed by atoms with Gasteiger partial charge in [0.25, 0.3) is 0 Å². The third-order valence-corrected chi connectivity index (χ3v) is 4.74. The van der Waals surface area contributed by atoms with Crippen molar-refractivity contribution in [2.45, 2.75) is 26.2 Å². The minimum absolute atomic E-state index is 0.0231. The predicted octanol–water partition coefficient (Wildman–Crippen LogP) is 4.72. The standard InChI is InChI=1S/C16H13F5N4OS/c1-2-24-12(6-14(23-24)16(19,20)21)13-7-22-15(27-13)25(26)8-9-10(17)4-3-5-11(9)18/h3-7,26H,2,8H2,1H3. The van der Waals surface area contributed by atoms with Crippen molar-refractivity contribution in [1.29, 1.82) is 0 Å². The summed E-state index contributed by atoms with van der Waals surface area (Å²) in [5, 5.41) is 14.1. The van der Waals surface area contributed by atoms with Crippen molar-refractivity contribution in [3.63, 3.8) is 0 Å². The number of aromatic nitrogens is 3. The van der Waals surface area contributed by atoms with Crippen LogP contribution in [0.3, 0.4) is 0 Å². The van der Waals surface area contributed by atoms with Crippen molar-refractivity contribution >= 4 is 16.5 Å². The number of aryl methyl sites for hydroxylation is 1. The third kappa shape index (κ3) is 3.93. The molecule has 2 heterocycles. The molecule has 0 saturated carbocycles. The van der Waals surface area contributed by atoms with E-state index in [-0.39, 0.29) is 22.9 Å². The molecule has 1 aromatic carbocycles. The Labute approximate surface area is 154 Å². The molecule has 0 radical (unpaired) electrons. The highest BCUT2D eigenvalue weighted by atomic mass is 32.1. The zero-order valence-electron chi connectivity index (χ0n) is 13.8. The summed E-state index contributed by atoms with van der Waals surface area (Å²) >= 11 is 0.870. The highest BCUT2D eigenvalue weighted by molar-refractivity contribution is 7.18. The fraction of sp³-hybridized carbons (Fsp3) is 0.250. The highest BCUT2D eigenvalue weighted by Gasteiger charge is 2.35. The summed E-state index contributed by atoms with van der Waals surface area (Å²) in [5.74, 6) is -1.66. The molecule has 144 valence electrons. The molecule has 0 bridgehead atoms. The first kappa shape index (κ1) is 19.2. The molecule has 0 spiro atoms. The van der Waals surface area contributed by atoms with Crippen LogP contribution in [-0.2, 0) is 19.3 Å². The predicted molar refractivity (Wildman–Crippen MR) is 88.3 cm³/mol. The van der Waals surface area contributed by atoms with Crippen molar-refractivity contribution in [2.75, 3.05) is 5.06 Å². The van der Waals surface area contributed by atoms with Crippen LogP contribution < -0.4 is 5.06 Å². The Bertz CT molecular complexity index is 932. The average Bonchev–Trinajstić information content (AvgIpc) is 3.23. The van der Waals surface area contributed by atoms with Gasteiger partial charge in [0.2, 0.25) is 5.13 Å². The van der Waals surface area contributed by atoms with E-state index in [4.69, 9.17) is 0 Å². The van der Waals surface area contributed by atoms with E-state index in [0.29, 0.717) is 9.94 Å². The number of rotatable bonds is 5. The van der Waals surface area contributed by atoms with Crippen molar-refractivity contribution in [3.05, 3.63) is 53.4 Å². The molecule has 0 saturated heterocycles. The van der Waals surface area contributed by atoms with E-state index in [1.165, 1.54) is 16.9 Å². The van der Waals surface area contributed by atoms with Gasteiger partial charge in [-0.05, 0) is 25.1 Å². The van der Waals surface area contributed by atoms with Crippen molar-refractivity contribution in [3.8, 4) is 10.6 Å². The number of benzene rings is 1. The van der Waals surface area contributed by atoms with Crippen LogP contribution in [0.1, 0.15) is 18.2 Å². The Balaban J connectivity index is 1.88. The number of hydrogen-bond donors (Lipinski definition) is 1. The second kappa shape index (κ2) is 7.24. The molecular formula is C16H13F5N4OS. The van der Waals surface area contributed by atoms with Crippen LogP contribution in [0.5, 0.6) is 0 Å². The Kier molecular flexibility index (Phi) is 5.16. The molecule has 0 unspecified atom stereocenters. The maximum absolute atomic E-state index is 13.7. The van der Waals surface area contributed by atoms with Crippen LogP contribution in [0.2, 0.25) is 0 Å². The van der Waals surface area contributed by atoms with E-state index in [9.17, 15) is 27.2 Å². The van der Waals surface area contributed by atoms with E-state index in [2.05, 4.69) is 10.1 Å². The fourth-order valence-corrected chi connectivity index (χ4v) is 3.24. The molecule has 2 aromatic heterocycles. The van der Waals surface area contributed by atoms with Crippen LogP contribution in [0.4, 0.5) is 27.1 Å². The maximum Gasteiger partial charge on any atom is 0.435 e. The molecule has 5 nitrogen and oxygen atoms in total. The average molecular weight is 404 g/mol. The SMILES string of the molecule is CCn1nc(C(F)(F)F)cc1-c1cnc(N(O)Cc2c(F)cccc2F)s1. The lowest BCUT2D eigenvalue weighted by Gasteiger charge is -2.14. The molecular weight excluding hydrogens is 391 g/mol. The first-order valence-corrected chi connectivity index (χ1v) is 8.53. The van der Waals surface area contributed by atoms with Gasteiger partial charge >= 0.3 is 6.18 Å². The number of thiazole rings is 1. The normalized spacial score (nSPS) is 11.8. The second-order valence-electron chi connectivity index (χ2n) is 5.49. The Morgan fingerprint density at radius 3 is 2.48 bits per heavy atom. The van der Waals surface area contributed by atoms with Gasteiger partial charge in [-0.1, -0.05) is 17.4 Å². The van der Waals surface area contributed by atoms with E-state index in [0.717, 1.165) is 29.5 Å². The summed E-state index contributed by atoms with van der Waals surface area (Å²) in [6, 6.07) is 4.19. The van der Waals surface area contributed by atoms with Crippen LogP contribution in [-0.4, -0.2) is 20.0 Å². The molecule has 11 heteroatoms. The minimum atomic E-state index is -4.59. The quantitative estimate of drug-likeness (QED) is 0.494. The highest BCUT2D eigenvalue weighted by Crippen LogP contribution is 2.35. The number of hydroxylamine groups is 1. The molecule has 1 N–H and O–H groups in total. The van der Waals surface area contributed by atoms with Crippen LogP contribution >= 0.6 is 11.3 Å². The summed E-state index contributed by atoms with van der Waals surface area (Å²) in [4.78, 5) is 4.24. The number of nitrogens with zero attached hydrogens (tertiary/aromatic N) is 4. The van der Waals surface area contributed by atoms with Gasteiger partial charge < -0.3 is 0 Å². The molecule has 0 atom stereocenters. The lowest BCUT2D eigenvalue weighted by Crippen LogP contribution is -2.18. The molecule has 27 heavy (non-hydrogen) atoms. The van der Waals surface area contributed by atoms with Gasteiger partial charge in [-0.3, -0.25) is 9.89 Å². The van der Waals surface area contributed by atoms with E-state index in [1.54, 1.807) is 6.92 Å². The third-order valence-electron chi connectivity index (χ3n) is 3.71. The molecule has 3 aromatic rings. The number of halogens is 5. The van der Waals surface area contributed by atoms with Gasteiger partial charge in [0.1, 0.15) is 11.6 Å². The smallest absolute Gasteiger partial charge is 0.286 e. The first-order chi connectivity index (χ1) is 12.7. The summed E-state index contributed by atoms with van der Waals surface area (Å²) in [5.41, 5.74) is -1.21. The summed E-state index contributed by atoms with van der Waals surface area (Å²) < 4.78 is 67.2. The van der Waals surface area contributed by atoms with Crippen molar-refractivity contribution in [1.82, 2.24) is 14.8 Å². The van der Waals surface area contributed by atoms with Crippen molar-refractivity contribution in [2.24, 2.45) is 0 Å². The van der Waals surface area contributed by atoms with Gasteiger partial charge in [0, 0.05) is 18.3 Å². The van der Waals surface area contributed by atoms with E-state index in [1.807, 2.05) is 0 Å². The Hall–Kier alpha value is -2.53. The van der Waals surface area contributed by atoms with E-state index >= 15 is 0 Å². The number of anilines is 1. The van der Waals surface area contributed by atoms with E-state index < -0.39 is 30.0 Å². The topological polar surface area (TPSA) is 54.2 Å². The molecule has 0 fully saturated rings. The Morgan fingerprint density at radius 2 is 1.89 bits per heavy atom. The fourth-order valence-electron chi connectivity index (χ4n) is 2.40. The van der Waals surface area contributed by atoms with Gasteiger partial charge in [-0.25, -0.2) is 18.8 Å². The van der Waals surface area contributed by atoms with Crippen molar-refractivity contribution < 1.29 is 27.2 Å². The molecule has 0 aliphatic carbocycles. The number of alkyl halides is 3. The lowest BCUT2D eigenvalue weighted by atomic mass is 10.2. The second-order valence-corrected chi connectivity index (χ2v) is 6.50. The van der Waals surface area contributed by atoms with Gasteiger partial charge in [0.05, 0.1) is 17.1 Å². The molecule has 3 rings (SSSR count). The summed E-state index contributed by atoms with van der Waals surface area (Å²) in [6.45, 7) is 1.33. The first-order valence-electron chi connectivity index (χ1n) is 7.71. The van der Waals surface area contributed by atoms with Gasteiger partial charge in [-0.2, -0.15) is 18.3 Å². The monoisotopic (exact) mass is 404 g/mol. The van der Waals surface area contributed by atoms with Gasteiger partial charge in [0.15, 0.2) is 5.69 Å². The summed E-state index contributed by atoms with van der Waals surface area (Å²) in [6.07, 6.45) is -3.32. The van der Waals surface area contributed by atoms with Crippen LogP contribution in [0.15, 0.2) is 30.5 Å². The maximum atomic E-state index is 13.7. The Morgan fingerprint density at radius 1 is 1.22 bits per heavy atom. The molecule has 0 aliphatic rings. The lowest BCUT2D eigenvalue weighted by molar-refractivity contribution is -0.141. The minimum Gasteiger partial charge on any atom is -0.286 e. The zero-order valence-corrected chi connectivity index (χ0v) is 14.7. The summed E-state index contributed by atoms with van der Waals surface area (Å²) in [7, 11) is 0. The molecule has 0 amide bonds. The molecule has 0 aliphatic heterocycles. The largest absolute Gasteiger partial charge is 0.435 e. The number of hydrogen-bond acceptors (Lipinski definition) is 5. The van der Waals surface area contributed by atoms with Crippen LogP contribution in [0.25, 0.3) is 10.6 Å². The zero-order chi connectivity index (χ0) is 19.8.